The number of sulfonamides is 1. The second-order valence-corrected chi connectivity index (χ2v) is 7.75. The van der Waals surface area contributed by atoms with Gasteiger partial charge in [0.15, 0.2) is 15.1 Å². The highest BCUT2D eigenvalue weighted by molar-refractivity contribution is 7.89. The monoisotopic (exact) mass is 321 g/mol. The molecule has 0 aromatic carbocycles. The second kappa shape index (κ2) is 5.40. The van der Waals surface area contributed by atoms with Crippen LogP contribution in [0.5, 0.6) is 0 Å². The van der Waals surface area contributed by atoms with Crippen LogP contribution in [0.3, 0.4) is 0 Å². The van der Waals surface area contributed by atoms with E-state index in [0.717, 1.165) is 0 Å². The topological polar surface area (TPSA) is 63.5 Å². The van der Waals surface area contributed by atoms with Crippen LogP contribution in [-0.4, -0.2) is 24.3 Å². The zero-order valence-electron chi connectivity index (χ0n) is 10.9. The maximum Gasteiger partial charge on any atom is 0.259 e. The van der Waals surface area contributed by atoms with Crippen LogP contribution in [0.4, 0.5) is 0 Å². The lowest BCUT2D eigenvalue weighted by molar-refractivity contribution is 0.414. The summed E-state index contributed by atoms with van der Waals surface area (Å²) in [5, 5.41) is 1.80. The van der Waals surface area contributed by atoms with E-state index in [9.17, 15) is 8.42 Å². The second-order valence-electron chi connectivity index (χ2n) is 4.84. The van der Waals surface area contributed by atoms with Crippen LogP contribution in [0.1, 0.15) is 20.8 Å². The summed E-state index contributed by atoms with van der Waals surface area (Å²) in [7, 11) is -3.65. The zero-order valence-corrected chi connectivity index (χ0v) is 13.3. The molecule has 0 aliphatic rings. The molecule has 106 valence electrons. The Labute approximate surface area is 121 Å². The first-order chi connectivity index (χ1) is 8.83. The molecule has 0 bridgehead atoms. The van der Waals surface area contributed by atoms with Gasteiger partial charge in [-0.05, 0) is 11.8 Å². The van der Waals surface area contributed by atoms with Crippen molar-refractivity contribution < 1.29 is 8.42 Å². The van der Waals surface area contributed by atoms with Gasteiger partial charge in [-0.25, -0.2) is 18.1 Å². The van der Waals surface area contributed by atoms with Gasteiger partial charge in [0.2, 0.25) is 0 Å². The van der Waals surface area contributed by atoms with Crippen LogP contribution in [0.2, 0.25) is 5.15 Å². The van der Waals surface area contributed by atoms with Crippen molar-refractivity contribution in [1.82, 2.24) is 14.1 Å². The summed E-state index contributed by atoms with van der Waals surface area (Å²) in [6.45, 7) is 6.50. The summed E-state index contributed by atoms with van der Waals surface area (Å²) < 4.78 is 28.7. The fraction of sp³-hybridized carbons (Fsp3) is 0.545. The number of hydrogen-bond acceptors (Lipinski definition) is 4. The Morgan fingerprint density at radius 3 is 2.79 bits per heavy atom. The average Bonchev–Trinajstić information content (AvgIpc) is 2.84. The fourth-order valence-electron chi connectivity index (χ4n) is 1.52. The van der Waals surface area contributed by atoms with Gasteiger partial charge in [0.1, 0.15) is 0 Å². The Bertz CT molecular complexity index is 675. The lowest BCUT2D eigenvalue weighted by atomic mass is 9.99. The molecule has 2 aromatic rings. The molecule has 0 amide bonds. The molecule has 0 aliphatic carbocycles. The molecule has 19 heavy (non-hydrogen) atoms. The number of halogens is 1. The summed E-state index contributed by atoms with van der Waals surface area (Å²) in [5.41, 5.74) is 0. The number of fused-ring (bicyclic) bond motifs is 1. The van der Waals surface area contributed by atoms with Crippen molar-refractivity contribution in [3.8, 4) is 0 Å². The van der Waals surface area contributed by atoms with Gasteiger partial charge in [-0.1, -0.05) is 32.4 Å². The molecule has 2 rings (SSSR count). The molecule has 1 unspecified atom stereocenters. The molecule has 2 heterocycles. The minimum Gasteiger partial charge on any atom is -0.279 e. The molecule has 0 fully saturated rings. The molecule has 5 nitrogen and oxygen atoms in total. The van der Waals surface area contributed by atoms with E-state index in [-0.39, 0.29) is 16.1 Å². The van der Waals surface area contributed by atoms with Crippen molar-refractivity contribution in [2.45, 2.75) is 25.8 Å². The molecule has 1 atom stereocenters. The van der Waals surface area contributed by atoms with Gasteiger partial charge >= 0.3 is 0 Å². The molecule has 0 saturated heterocycles. The van der Waals surface area contributed by atoms with E-state index in [1.165, 1.54) is 15.7 Å². The Kier molecular flexibility index (Phi) is 4.20. The van der Waals surface area contributed by atoms with E-state index in [2.05, 4.69) is 23.6 Å². The number of imidazole rings is 1. The first-order valence-electron chi connectivity index (χ1n) is 5.93. The van der Waals surface area contributed by atoms with E-state index in [1.54, 1.807) is 11.6 Å². The predicted octanol–water partition coefficient (Wildman–Crippen LogP) is 2.62. The summed E-state index contributed by atoms with van der Waals surface area (Å²) in [6, 6.07) is 0. The molecular weight excluding hydrogens is 306 g/mol. The molecule has 0 saturated carbocycles. The normalized spacial score (nSPS) is 14.4. The van der Waals surface area contributed by atoms with Gasteiger partial charge in [-0.2, -0.15) is 0 Å². The number of nitrogens with one attached hydrogen (secondary N) is 1. The Morgan fingerprint density at radius 1 is 1.47 bits per heavy atom. The van der Waals surface area contributed by atoms with E-state index < -0.39 is 10.0 Å². The van der Waals surface area contributed by atoms with E-state index in [1.807, 2.05) is 6.92 Å². The number of aromatic nitrogens is 2. The fourth-order valence-corrected chi connectivity index (χ4v) is 4.11. The van der Waals surface area contributed by atoms with Gasteiger partial charge in [0, 0.05) is 18.1 Å². The van der Waals surface area contributed by atoms with Crippen LogP contribution in [-0.2, 0) is 10.0 Å². The molecule has 2 aromatic heterocycles. The van der Waals surface area contributed by atoms with Crippen molar-refractivity contribution in [2.75, 3.05) is 6.54 Å². The van der Waals surface area contributed by atoms with Crippen LogP contribution < -0.4 is 4.72 Å². The van der Waals surface area contributed by atoms with E-state index in [4.69, 9.17) is 11.6 Å². The van der Waals surface area contributed by atoms with Crippen molar-refractivity contribution in [3.63, 3.8) is 0 Å². The summed E-state index contributed by atoms with van der Waals surface area (Å²) in [5.74, 6) is 0.657. The minimum atomic E-state index is -3.65. The molecule has 0 radical (unpaired) electrons. The summed E-state index contributed by atoms with van der Waals surface area (Å²) >= 11 is 7.27. The van der Waals surface area contributed by atoms with Crippen LogP contribution in [0, 0.1) is 11.8 Å². The summed E-state index contributed by atoms with van der Waals surface area (Å²) in [6.07, 6.45) is 1.65. The average molecular weight is 322 g/mol. The van der Waals surface area contributed by atoms with Gasteiger partial charge in [-0.3, -0.25) is 4.40 Å². The van der Waals surface area contributed by atoms with Gasteiger partial charge < -0.3 is 0 Å². The number of hydrogen-bond donors (Lipinski definition) is 1. The van der Waals surface area contributed by atoms with Crippen LogP contribution in [0.15, 0.2) is 16.6 Å². The zero-order chi connectivity index (χ0) is 14.2. The lowest BCUT2D eigenvalue weighted by Gasteiger charge is -2.15. The maximum absolute atomic E-state index is 12.3. The third kappa shape index (κ3) is 2.94. The highest BCUT2D eigenvalue weighted by Crippen LogP contribution is 2.25. The van der Waals surface area contributed by atoms with Gasteiger partial charge in [0.25, 0.3) is 10.0 Å². The molecule has 0 spiro atoms. The quantitative estimate of drug-likeness (QED) is 0.920. The van der Waals surface area contributed by atoms with Crippen LogP contribution in [0.25, 0.3) is 4.96 Å². The van der Waals surface area contributed by atoms with Gasteiger partial charge in [-0.15, -0.1) is 11.3 Å². The first-order valence-corrected chi connectivity index (χ1v) is 8.67. The molecule has 8 heteroatoms. The molecule has 1 N–H and O–H groups in total. The number of nitrogens with zero attached hydrogens (tertiary/aromatic N) is 2. The number of thiazole rings is 1. The highest BCUT2D eigenvalue weighted by atomic mass is 35.5. The van der Waals surface area contributed by atoms with Crippen molar-refractivity contribution in [1.29, 1.82) is 0 Å². The SMILES string of the molecule is CC(C)C(C)CNS(=O)(=O)c1c(Cl)nc2sccn12. The lowest BCUT2D eigenvalue weighted by Crippen LogP contribution is -2.31. The third-order valence-electron chi connectivity index (χ3n) is 3.17. The van der Waals surface area contributed by atoms with Crippen LogP contribution >= 0.6 is 22.9 Å². The first kappa shape index (κ1) is 14.8. The van der Waals surface area contributed by atoms with E-state index >= 15 is 0 Å². The molecular formula is C11H16ClN3O2S2. The molecule has 0 aliphatic heterocycles. The Balaban J connectivity index is 2.29. The standard InChI is InChI=1S/C11H16ClN3O2S2/c1-7(2)8(3)6-13-19(16,17)10-9(12)14-11-15(10)4-5-18-11/h4-5,7-8,13H,6H2,1-3H3. The highest BCUT2D eigenvalue weighted by Gasteiger charge is 2.25. The smallest absolute Gasteiger partial charge is 0.259 e. The summed E-state index contributed by atoms with van der Waals surface area (Å²) in [4.78, 5) is 4.60. The number of rotatable bonds is 5. The minimum absolute atomic E-state index is 0.0107. The Hall–Kier alpha value is -0.630. The van der Waals surface area contributed by atoms with Gasteiger partial charge in [0.05, 0.1) is 0 Å². The van der Waals surface area contributed by atoms with E-state index in [0.29, 0.717) is 17.4 Å². The maximum atomic E-state index is 12.3. The largest absolute Gasteiger partial charge is 0.279 e. The Morgan fingerprint density at radius 2 is 2.16 bits per heavy atom. The van der Waals surface area contributed by atoms with Crippen molar-refractivity contribution >= 4 is 37.9 Å². The third-order valence-corrected chi connectivity index (χ3v) is 5.74. The van der Waals surface area contributed by atoms with Crippen molar-refractivity contribution in [2.24, 2.45) is 11.8 Å². The predicted molar refractivity (Wildman–Crippen MR) is 77.3 cm³/mol. The van der Waals surface area contributed by atoms with Crippen molar-refractivity contribution in [3.05, 3.63) is 16.7 Å².